The van der Waals surface area contributed by atoms with Crippen LogP contribution in [0.4, 0.5) is 17.1 Å². The lowest BCUT2D eigenvalue weighted by Crippen LogP contribution is -2.13. The van der Waals surface area contributed by atoms with E-state index in [9.17, 15) is 4.79 Å². The van der Waals surface area contributed by atoms with Crippen molar-refractivity contribution in [3.05, 3.63) is 77.1 Å². The maximum absolute atomic E-state index is 12.6. The van der Waals surface area contributed by atoms with Crippen molar-refractivity contribution in [2.75, 3.05) is 17.2 Å². The number of anilines is 3. The minimum Gasteiger partial charge on any atom is -0.494 e. The van der Waals surface area contributed by atoms with E-state index in [1.807, 2.05) is 44.2 Å². The Bertz CT molecular complexity index is 942. The molecule has 0 bridgehead atoms. The van der Waals surface area contributed by atoms with Crippen LogP contribution in [-0.2, 0) is 0 Å². The van der Waals surface area contributed by atoms with Crippen LogP contribution in [0.5, 0.6) is 5.75 Å². The predicted octanol–water partition coefficient (Wildman–Crippen LogP) is 5.44. The summed E-state index contributed by atoms with van der Waals surface area (Å²) in [6.45, 7) is 4.43. The number of hydrogen-bond donors (Lipinski definition) is 2. The van der Waals surface area contributed by atoms with E-state index in [1.165, 1.54) is 6.20 Å². The molecule has 3 aromatic rings. The minimum atomic E-state index is -0.247. The van der Waals surface area contributed by atoms with Gasteiger partial charge in [-0.3, -0.25) is 9.78 Å². The van der Waals surface area contributed by atoms with Gasteiger partial charge in [0.15, 0.2) is 0 Å². The number of ether oxygens (including phenoxy) is 1. The third-order valence-corrected chi connectivity index (χ3v) is 4.38. The van der Waals surface area contributed by atoms with Crippen molar-refractivity contribution in [3.8, 4) is 5.75 Å². The summed E-state index contributed by atoms with van der Waals surface area (Å²) < 4.78 is 5.43. The van der Waals surface area contributed by atoms with Crippen LogP contribution < -0.4 is 15.4 Å². The molecular formula is C21H20ClN3O2. The zero-order valence-electron chi connectivity index (χ0n) is 15.1. The fraction of sp³-hybridized carbons (Fsp3) is 0.143. The molecule has 1 heterocycles. The average molecular weight is 382 g/mol. The van der Waals surface area contributed by atoms with Crippen molar-refractivity contribution in [2.45, 2.75) is 13.8 Å². The molecule has 27 heavy (non-hydrogen) atoms. The standard InChI is InChI=1S/C21H20ClN3O2/c1-3-27-18-9-7-16(8-10-18)24-17-11-15(12-23-13-17)21(26)25-20-6-4-5-19(22)14(20)2/h4-13,24H,3H2,1-2H3,(H,25,26). The van der Waals surface area contributed by atoms with E-state index >= 15 is 0 Å². The third-order valence-electron chi connectivity index (χ3n) is 3.97. The van der Waals surface area contributed by atoms with E-state index in [0.29, 0.717) is 22.9 Å². The highest BCUT2D eigenvalue weighted by Gasteiger charge is 2.10. The zero-order chi connectivity index (χ0) is 19.2. The molecule has 0 saturated carbocycles. The average Bonchev–Trinajstić information content (AvgIpc) is 2.67. The van der Waals surface area contributed by atoms with Gasteiger partial charge in [-0.2, -0.15) is 0 Å². The van der Waals surface area contributed by atoms with Crippen LogP contribution in [0.25, 0.3) is 0 Å². The SMILES string of the molecule is CCOc1ccc(Nc2cncc(C(=O)Nc3cccc(Cl)c3C)c2)cc1. The van der Waals surface area contributed by atoms with Crippen LogP contribution in [0.3, 0.4) is 0 Å². The first-order valence-corrected chi connectivity index (χ1v) is 8.96. The van der Waals surface area contributed by atoms with Gasteiger partial charge in [0.1, 0.15) is 5.75 Å². The maximum atomic E-state index is 12.6. The molecule has 0 unspecified atom stereocenters. The molecule has 1 amide bonds. The van der Waals surface area contributed by atoms with Gasteiger partial charge in [-0.15, -0.1) is 0 Å². The van der Waals surface area contributed by atoms with Crippen molar-refractivity contribution < 1.29 is 9.53 Å². The van der Waals surface area contributed by atoms with E-state index in [4.69, 9.17) is 16.3 Å². The summed E-state index contributed by atoms with van der Waals surface area (Å²) >= 11 is 6.11. The Labute approximate surface area is 163 Å². The lowest BCUT2D eigenvalue weighted by atomic mass is 10.2. The number of amides is 1. The zero-order valence-corrected chi connectivity index (χ0v) is 15.9. The number of carbonyl (C=O) groups excluding carboxylic acids is 1. The Morgan fingerprint density at radius 1 is 1.11 bits per heavy atom. The van der Waals surface area contributed by atoms with E-state index in [2.05, 4.69) is 15.6 Å². The fourth-order valence-corrected chi connectivity index (χ4v) is 2.71. The largest absolute Gasteiger partial charge is 0.494 e. The second-order valence-corrected chi connectivity index (χ2v) is 6.32. The monoisotopic (exact) mass is 381 g/mol. The predicted molar refractivity (Wildman–Crippen MR) is 109 cm³/mol. The number of nitrogens with zero attached hydrogens (tertiary/aromatic N) is 1. The third kappa shape index (κ3) is 4.77. The number of carbonyl (C=O) groups is 1. The first kappa shape index (κ1) is 18.7. The summed E-state index contributed by atoms with van der Waals surface area (Å²) in [5.41, 5.74) is 3.55. The van der Waals surface area contributed by atoms with Gasteiger partial charge in [0.05, 0.1) is 24.1 Å². The van der Waals surface area contributed by atoms with Crippen LogP contribution in [-0.4, -0.2) is 17.5 Å². The highest BCUT2D eigenvalue weighted by atomic mass is 35.5. The Balaban J connectivity index is 1.72. The van der Waals surface area contributed by atoms with Gasteiger partial charge in [0.2, 0.25) is 0 Å². The molecule has 0 fully saturated rings. The number of rotatable bonds is 6. The van der Waals surface area contributed by atoms with Crippen molar-refractivity contribution in [1.29, 1.82) is 0 Å². The number of hydrogen-bond acceptors (Lipinski definition) is 4. The molecule has 0 radical (unpaired) electrons. The van der Waals surface area contributed by atoms with Crippen LogP contribution in [0.15, 0.2) is 60.9 Å². The summed E-state index contributed by atoms with van der Waals surface area (Å²) in [4.78, 5) is 16.7. The first-order valence-electron chi connectivity index (χ1n) is 8.58. The van der Waals surface area contributed by atoms with Gasteiger partial charge in [-0.05, 0) is 61.9 Å². The molecule has 5 nitrogen and oxygen atoms in total. The van der Waals surface area contributed by atoms with Gasteiger partial charge < -0.3 is 15.4 Å². The van der Waals surface area contributed by atoms with Crippen molar-refractivity contribution in [2.24, 2.45) is 0 Å². The number of nitrogens with one attached hydrogen (secondary N) is 2. The van der Waals surface area contributed by atoms with Crippen LogP contribution in [0.2, 0.25) is 5.02 Å². The highest BCUT2D eigenvalue weighted by Crippen LogP contribution is 2.24. The van der Waals surface area contributed by atoms with E-state index < -0.39 is 0 Å². The lowest BCUT2D eigenvalue weighted by Gasteiger charge is -2.11. The summed E-state index contributed by atoms with van der Waals surface area (Å²) in [5, 5.41) is 6.71. The smallest absolute Gasteiger partial charge is 0.257 e. The summed E-state index contributed by atoms with van der Waals surface area (Å²) in [7, 11) is 0. The molecule has 0 saturated heterocycles. The Kier molecular flexibility index (Phi) is 5.94. The van der Waals surface area contributed by atoms with Crippen molar-refractivity contribution in [3.63, 3.8) is 0 Å². The summed E-state index contributed by atoms with van der Waals surface area (Å²) in [6, 6.07) is 14.7. The van der Waals surface area contributed by atoms with Crippen molar-refractivity contribution in [1.82, 2.24) is 4.98 Å². The van der Waals surface area contributed by atoms with Crippen LogP contribution in [0.1, 0.15) is 22.8 Å². The lowest BCUT2D eigenvalue weighted by molar-refractivity contribution is 0.102. The normalized spacial score (nSPS) is 10.3. The number of benzene rings is 2. The first-order chi connectivity index (χ1) is 13.1. The van der Waals surface area contributed by atoms with Gasteiger partial charge in [-0.1, -0.05) is 17.7 Å². The molecule has 0 aliphatic heterocycles. The van der Waals surface area contributed by atoms with Gasteiger partial charge in [0.25, 0.3) is 5.91 Å². The fourth-order valence-electron chi connectivity index (χ4n) is 2.54. The van der Waals surface area contributed by atoms with Gasteiger partial charge in [0, 0.05) is 22.6 Å². The molecule has 0 atom stereocenters. The summed E-state index contributed by atoms with van der Waals surface area (Å²) in [6.07, 6.45) is 3.19. The van der Waals surface area contributed by atoms with Crippen molar-refractivity contribution >= 4 is 34.6 Å². The molecule has 2 aromatic carbocycles. The molecular weight excluding hydrogens is 362 g/mol. The quantitative estimate of drug-likeness (QED) is 0.597. The topological polar surface area (TPSA) is 63.2 Å². The van der Waals surface area contributed by atoms with Crippen LogP contribution in [0, 0.1) is 6.92 Å². The molecule has 2 N–H and O–H groups in total. The number of pyridine rings is 1. The van der Waals surface area contributed by atoms with E-state index in [1.54, 1.807) is 24.4 Å². The molecule has 0 aliphatic carbocycles. The van der Waals surface area contributed by atoms with Crippen LogP contribution >= 0.6 is 11.6 Å². The Morgan fingerprint density at radius 3 is 2.63 bits per heavy atom. The van der Waals surface area contributed by atoms with E-state index in [-0.39, 0.29) is 5.91 Å². The Hall–Kier alpha value is -3.05. The second-order valence-electron chi connectivity index (χ2n) is 5.91. The second kappa shape index (κ2) is 8.56. The summed E-state index contributed by atoms with van der Waals surface area (Å²) in [5.74, 6) is 0.564. The van der Waals surface area contributed by atoms with Gasteiger partial charge in [-0.25, -0.2) is 0 Å². The van der Waals surface area contributed by atoms with E-state index in [0.717, 1.165) is 22.7 Å². The molecule has 3 rings (SSSR count). The maximum Gasteiger partial charge on any atom is 0.257 e. The highest BCUT2D eigenvalue weighted by molar-refractivity contribution is 6.31. The Morgan fingerprint density at radius 2 is 1.89 bits per heavy atom. The molecule has 0 aliphatic rings. The number of aromatic nitrogens is 1. The molecule has 138 valence electrons. The molecule has 6 heteroatoms. The molecule has 0 spiro atoms. The minimum absolute atomic E-state index is 0.247. The molecule has 1 aromatic heterocycles. The number of halogens is 1. The van der Waals surface area contributed by atoms with Gasteiger partial charge >= 0.3 is 0 Å².